The Bertz CT molecular complexity index is 1210. The van der Waals surface area contributed by atoms with Crippen LogP contribution in [0.2, 0.25) is 0 Å². The Labute approximate surface area is 174 Å². The van der Waals surface area contributed by atoms with Crippen molar-refractivity contribution in [1.82, 2.24) is 4.98 Å². The van der Waals surface area contributed by atoms with Gasteiger partial charge in [-0.25, -0.2) is 13.4 Å². The van der Waals surface area contributed by atoms with Crippen LogP contribution < -0.4 is 14.4 Å². The molecule has 0 bridgehead atoms. The minimum Gasteiger partial charge on any atom is -0.490 e. The number of carbonyl (C=O) groups excluding carboxylic acids is 1. The van der Waals surface area contributed by atoms with Crippen LogP contribution in [0.15, 0.2) is 64.4 Å². The lowest BCUT2D eigenvalue weighted by molar-refractivity contribution is -0.137. The molecule has 0 radical (unpaired) electrons. The zero-order chi connectivity index (χ0) is 22.2. The third-order valence-corrected chi connectivity index (χ3v) is 6.31. The number of anilines is 2. The number of hydrogen-bond donors (Lipinski definition) is 1. The van der Waals surface area contributed by atoms with Crippen LogP contribution in [0.3, 0.4) is 0 Å². The van der Waals surface area contributed by atoms with Gasteiger partial charge < -0.3 is 14.5 Å². The number of rotatable bonds is 3. The summed E-state index contributed by atoms with van der Waals surface area (Å²) in [7, 11) is -4.19. The van der Waals surface area contributed by atoms with Crippen molar-refractivity contribution in [3.8, 4) is 5.75 Å². The van der Waals surface area contributed by atoms with Gasteiger partial charge in [0.05, 0.1) is 24.0 Å². The fourth-order valence-corrected chi connectivity index (χ4v) is 4.60. The molecule has 1 aromatic heterocycles. The van der Waals surface area contributed by atoms with Crippen molar-refractivity contribution in [2.45, 2.75) is 11.1 Å². The third kappa shape index (κ3) is 4.06. The second-order valence-electron chi connectivity index (χ2n) is 6.45. The van der Waals surface area contributed by atoms with E-state index in [1.54, 1.807) is 0 Å². The molecule has 8 nitrogen and oxygen atoms in total. The smallest absolute Gasteiger partial charge is 0.416 e. The fourth-order valence-electron chi connectivity index (χ4n) is 2.99. The number of halogens is 3. The van der Waals surface area contributed by atoms with Crippen molar-refractivity contribution in [2.75, 3.05) is 22.8 Å². The Balaban J connectivity index is 1.67. The van der Waals surface area contributed by atoms with E-state index in [0.29, 0.717) is 0 Å². The molecule has 0 spiro atoms. The number of aromatic nitrogens is 1. The summed E-state index contributed by atoms with van der Waals surface area (Å²) >= 11 is 0. The van der Waals surface area contributed by atoms with Gasteiger partial charge in [0.25, 0.3) is 15.9 Å². The normalized spacial score (nSPS) is 15.5. The van der Waals surface area contributed by atoms with Crippen LogP contribution in [-0.2, 0) is 16.2 Å². The van der Waals surface area contributed by atoms with Crippen molar-refractivity contribution < 1.29 is 35.5 Å². The maximum Gasteiger partial charge on any atom is 0.416 e. The average molecular weight is 453 g/mol. The van der Waals surface area contributed by atoms with Crippen molar-refractivity contribution in [3.63, 3.8) is 0 Å². The monoisotopic (exact) mass is 453 g/mol. The number of fused-ring (bicyclic) bond motifs is 1. The first-order chi connectivity index (χ1) is 14.7. The minimum absolute atomic E-state index is 0.0168. The SMILES string of the molecule is O=C(Nc1ccc2c(c1)S(=O)(=O)N(c1ccc(C(F)(F)F)cc1)CCO2)c1cnco1. The van der Waals surface area contributed by atoms with Gasteiger partial charge in [-0.05, 0) is 42.5 Å². The molecule has 1 aliphatic rings. The molecule has 31 heavy (non-hydrogen) atoms. The molecule has 2 aromatic carbocycles. The average Bonchev–Trinajstić information content (AvgIpc) is 3.22. The van der Waals surface area contributed by atoms with E-state index in [0.717, 1.165) is 35.0 Å². The summed E-state index contributed by atoms with van der Waals surface area (Å²) in [4.78, 5) is 15.5. The number of benzene rings is 2. The van der Waals surface area contributed by atoms with Crippen LogP contribution in [0.25, 0.3) is 0 Å². The summed E-state index contributed by atoms with van der Waals surface area (Å²) in [5.74, 6) is -0.642. The quantitative estimate of drug-likeness (QED) is 0.651. The molecule has 1 N–H and O–H groups in total. The predicted octanol–water partition coefficient (Wildman–Crippen LogP) is 3.53. The molecule has 0 aliphatic carbocycles. The third-order valence-electron chi connectivity index (χ3n) is 4.46. The van der Waals surface area contributed by atoms with E-state index in [1.165, 1.54) is 24.4 Å². The zero-order valence-electron chi connectivity index (χ0n) is 15.6. The van der Waals surface area contributed by atoms with E-state index >= 15 is 0 Å². The van der Waals surface area contributed by atoms with Crippen molar-refractivity contribution in [1.29, 1.82) is 0 Å². The predicted molar refractivity (Wildman–Crippen MR) is 102 cm³/mol. The molecule has 2 heterocycles. The number of nitrogens with zero attached hydrogens (tertiary/aromatic N) is 2. The molecule has 12 heteroatoms. The van der Waals surface area contributed by atoms with E-state index in [9.17, 15) is 26.4 Å². The highest BCUT2D eigenvalue weighted by molar-refractivity contribution is 7.93. The molecule has 1 amide bonds. The largest absolute Gasteiger partial charge is 0.490 e. The first-order valence-electron chi connectivity index (χ1n) is 8.83. The highest BCUT2D eigenvalue weighted by Gasteiger charge is 2.33. The summed E-state index contributed by atoms with van der Waals surface area (Å²) in [5, 5.41) is 2.50. The van der Waals surface area contributed by atoms with Gasteiger partial charge >= 0.3 is 6.18 Å². The molecule has 0 unspecified atom stereocenters. The van der Waals surface area contributed by atoms with Crippen molar-refractivity contribution in [2.24, 2.45) is 0 Å². The number of carbonyl (C=O) groups is 1. The molecule has 3 aromatic rings. The van der Waals surface area contributed by atoms with Gasteiger partial charge in [0.1, 0.15) is 17.3 Å². The van der Waals surface area contributed by atoms with E-state index in [4.69, 9.17) is 9.15 Å². The van der Waals surface area contributed by atoms with Crippen LogP contribution in [-0.4, -0.2) is 32.5 Å². The number of amides is 1. The molecule has 162 valence electrons. The second kappa shape index (κ2) is 7.61. The first kappa shape index (κ1) is 20.7. The number of alkyl halides is 3. The molecule has 0 saturated carbocycles. The Morgan fingerprint density at radius 3 is 2.52 bits per heavy atom. The van der Waals surface area contributed by atoms with Crippen LogP contribution in [0.4, 0.5) is 24.5 Å². The highest BCUT2D eigenvalue weighted by atomic mass is 32.2. The van der Waals surface area contributed by atoms with Gasteiger partial charge in [0, 0.05) is 5.69 Å². The fraction of sp³-hybridized carbons (Fsp3) is 0.158. The maximum absolute atomic E-state index is 13.3. The van der Waals surface area contributed by atoms with Crippen molar-refractivity contribution >= 4 is 27.3 Å². The maximum atomic E-state index is 13.3. The second-order valence-corrected chi connectivity index (χ2v) is 8.28. The van der Waals surface area contributed by atoms with Crippen LogP contribution in [0, 0.1) is 0 Å². The number of nitrogens with one attached hydrogen (secondary N) is 1. The molecular weight excluding hydrogens is 439 g/mol. The molecule has 0 saturated heterocycles. The number of ether oxygens (including phenoxy) is 1. The van der Waals surface area contributed by atoms with Crippen molar-refractivity contribution in [3.05, 3.63) is 66.4 Å². The van der Waals surface area contributed by atoms with Crippen LogP contribution in [0.5, 0.6) is 5.75 Å². The van der Waals surface area contributed by atoms with Crippen LogP contribution in [0.1, 0.15) is 16.1 Å². The zero-order valence-corrected chi connectivity index (χ0v) is 16.4. The Kier molecular flexibility index (Phi) is 5.09. The molecule has 4 rings (SSSR count). The molecule has 0 atom stereocenters. The molecule has 0 fully saturated rings. The summed E-state index contributed by atoms with van der Waals surface area (Å²) in [6.07, 6.45) is -2.26. The lowest BCUT2D eigenvalue weighted by Crippen LogP contribution is -2.32. The lowest BCUT2D eigenvalue weighted by atomic mass is 10.2. The van der Waals surface area contributed by atoms with E-state index in [2.05, 4.69) is 10.3 Å². The van der Waals surface area contributed by atoms with E-state index in [-0.39, 0.29) is 40.9 Å². The lowest BCUT2D eigenvalue weighted by Gasteiger charge is -2.22. The highest BCUT2D eigenvalue weighted by Crippen LogP contribution is 2.36. The standard InChI is InChI=1S/C19H14F3N3O5S/c20-19(21,22)12-1-4-14(5-2-12)25-7-8-29-15-6-3-13(9-17(15)31(25,27)28)24-18(26)16-10-23-11-30-16/h1-6,9-11H,7-8H2,(H,24,26). The minimum atomic E-state index is -4.54. The van der Waals surface area contributed by atoms with Gasteiger partial charge in [-0.1, -0.05) is 0 Å². The van der Waals surface area contributed by atoms with Gasteiger partial charge in [-0.15, -0.1) is 0 Å². The Morgan fingerprint density at radius 1 is 1.13 bits per heavy atom. The van der Waals surface area contributed by atoms with Gasteiger partial charge in [0.2, 0.25) is 5.76 Å². The molecule has 1 aliphatic heterocycles. The van der Waals surface area contributed by atoms with E-state index < -0.39 is 27.7 Å². The first-order valence-corrected chi connectivity index (χ1v) is 10.3. The summed E-state index contributed by atoms with van der Waals surface area (Å²) in [6.45, 7) is -0.126. The number of oxazole rings is 1. The topological polar surface area (TPSA) is 102 Å². The Morgan fingerprint density at radius 2 is 1.87 bits per heavy atom. The number of hydrogen-bond acceptors (Lipinski definition) is 6. The summed E-state index contributed by atoms with van der Waals surface area (Å²) < 4.78 is 76.4. The van der Waals surface area contributed by atoms with Gasteiger partial charge in [-0.2, -0.15) is 13.2 Å². The van der Waals surface area contributed by atoms with E-state index in [1.807, 2.05) is 0 Å². The Hall–Kier alpha value is -3.54. The summed E-state index contributed by atoms with van der Waals surface area (Å²) in [5.41, 5.74) is -0.681. The number of sulfonamides is 1. The molecular formula is C19H14F3N3O5S. The van der Waals surface area contributed by atoms with Crippen LogP contribution >= 0.6 is 0 Å². The summed E-state index contributed by atoms with van der Waals surface area (Å²) in [6, 6.07) is 7.84. The van der Waals surface area contributed by atoms with Gasteiger partial charge in [-0.3, -0.25) is 9.10 Å². The van der Waals surface area contributed by atoms with Gasteiger partial charge in [0.15, 0.2) is 6.39 Å².